The van der Waals surface area contributed by atoms with Crippen LogP contribution in [-0.4, -0.2) is 23.8 Å². The Labute approximate surface area is 48.9 Å². The van der Waals surface area contributed by atoms with E-state index in [9.17, 15) is 5.11 Å². The molecule has 1 saturated carbocycles. The summed E-state index contributed by atoms with van der Waals surface area (Å²) in [4.78, 5) is 0. The van der Waals surface area contributed by atoms with Crippen LogP contribution in [0.15, 0.2) is 0 Å². The van der Waals surface area contributed by atoms with Crippen LogP contribution in [0.1, 0.15) is 12.8 Å². The number of aliphatic hydroxyl groups excluding tert-OH is 1. The zero-order chi connectivity index (χ0) is 5.56. The van der Waals surface area contributed by atoms with E-state index in [0.717, 1.165) is 13.0 Å². The Bertz CT molecular complexity index is 103. The lowest BCUT2D eigenvalue weighted by atomic mass is 10.1. The van der Waals surface area contributed by atoms with Gasteiger partial charge in [-0.15, -0.1) is 0 Å². The van der Waals surface area contributed by atoms with E-state index < -0.39 is 0 Å². The highest BCUT2D eigenvalue weighted by molar-refractivity contribution is 4.94. The third kappa shape index (κ3) is 0.501. The third-order valence-electron chi connectivity index (χ3n) is 2.33. The predicted molar refractivity (Wildman–Crippen MR) is 30.5 cm³/mol. The van der Waals surface area contributed by atoms with Gasteiger partial charge in [-0.3, -0.25) is 0 Å². The first-order valence-electron chi connectivity index (χ1n) is 3.28. The van der Waals surface area contributed by atoms with E-state index in [1.807, 2.05) is 0 Å². The standard InChI is InChI=1S/C6H11NO/c8-6-2-5-1-4(6)3-7-5/h4-8H,1-3H2/t4-,5-,6-/m0/s1. The molecule has 0 aromatic carbocycles. The summed E-state index contributed by atoms with van der Waals surface area (Å²) in [7, 11) is 0. The summed E-state index contributed by atoms with van der Waals surface area (Å²) >= 11 is 0. The van der Waals surface area contributed by atoms with Gasteiger partial charge in [-0.25, -0.2) is 0 Å². The van der Waals surface area contributed by atoms with Gasteiger partial charge in [-0.1, -0.05) is 0 Å². The maximum absolute atomic E-state index is 9.18. The summed E-state index contributed by atoms with van der Waals surface area (Å²) in [6, 6.07) is 0.648. The summed E-state index contributed by atoms with van der Waals surface area (Å²) in [6.07, 6.45) is 2.22. The maximum Gasteiger partial charge on any atom is 0.0595 e. The second-order valence-corrected chi connectivity index (χ2v) is 2.90. The molecule has 2 bridgehead atoms. The van der Waals surface area contributed by atoms with Crippen molar-refractivity contribution in [3.63, 3.8) is 0 Å². The Kier molecular flexibility index (Phi) is 0.866. The summed E-state index contributed by atoms with van der Waals surface area (Å²) in [5.74, 6) is 0.583. The minimum absolute atomic E-state index is 0.0150. The van der Waals surface area contributed by atoms with Crippen molar-refractivity contribution in [2.75, 3.05) is 6.54 Å². The van der Waals surface area contributed by atoms with Gasteiger partial charge in [0.1, 0.15) is 0 Å². The zero-order valence-electron chi connectivity index (χ0n) is 4.80. The van der Waals surface area contributed by atoms with Crippen LogP contribution in [0.2, 0.25) is 0 Å². The molecule has 2 N–H and O–H groups in total. The summed E-state index contributed by atoms with van der Waals surface area (Å²) in [5.41, 5.74) is 0. The SMILES string of the molecule is O[C@H]1C[C@@H]2C[C@H]1CN2. The molecule has 2 fully saturated rings. The van der Waals surface area contributed by atoms with E-state index in [2.05, 4.69) is 5.32 Å². The molecule has 0 spiro atoms. The first kappa shape index (κ1) is 4.77. The summed E-state index contributed by atoms with van der Waals surface area (Å²) in [6.45, 7) is 1.05. The van der Waals surface area contributed by atoms with Gasteiger partial charge in [0, 0.05) is 12.6 Å². The van der Waals surface area contributed by atoms with Crippen LogP contribution in [0.4, 0.5) is 0 Å². The number of aliphatic hydroxyl groups is 1. The lowest BCUT2D eigenvalue weighted by molar-refractivity contribution is 0.121. The quantitative estimate of drug-likeness (QED) is 0.453. The Morgan fingerprint density at radius 1 is 1.38 bits per heavy atom. The number of rotatable bonds is 0. The Hall–Kier alpha value is -0.0800. The van der Waals surface area contributed by atoms with Crippen molar-refractivity contribution < 1.29 is 5.11 Å². The van der Waals surface area contributed by atoms with Crippen LogP contribution in [0.25, 0.3) is 0 Å². The monoisotopic (exact) mass is 113 g/mol. The fourth-order valence-corrected chi connectivity index (χ4v) is 1.81. The smallest absolute Gasteiger partial charge is 0.0595 e. The highest BCUT2D eigenvalue weighted by Crippen LogP contribution is 2.30. The first-order chi connectivity index (χ1) is 3.86. The third-order valence-corrected chi connectivity index (χ3v) is 2.33. The van der Waals surface area contributed by atoms with E-state index in [1.165, 1.54) is 6.42 Å². The number of nitrogens with one attached hydrogen (secondary N) is 1. The molecule has 2 nitrogen and oxygen atoms in total. The van der Waals surface area contributed by atoms with Gasteiger partial charge < -0.3 is 10.4 Å². The lowest BCUT2D eigenvalue weighted by Crippen LogP contribution is -2.32. The number of fused-ring (bicyclic) bond motifs is 2. The fourth-order valence-electron chi connectivity index (χ4n) is 1.81. The summed E-state index contributed by atoms with van der Waals surface area (Å²) in [5, 5.41) is 12.5. The first-order valence-corrected chi connectivity index (χ1v) is 3.28. The molecule has 0 aromatic heterocycles. The topological polar surface area (TPSA) is 32.3 Å². The average Bonchev–Trinajstić information content (AvgIpc) is 2.23. The number of hydrogen-bond acceptors (Lipinski definition) is 2. The average molecular weight is 113 g/mol. The van der Waals surface area contributed by atoms with Crippen LogP contribution in [0, 0.1) is 5.92 Å². The van der Waals surface area contributed by atoms with Gasteiger partial charge in [0.2, 0.25) is 0 Å². The minimum atomic E-state index is 0.0150. The zero-order valence-corrected chi connectivity index (χ0v) is 4.80. The van der Waals surface area contributed by atoms with Crippen LogP contribution in [-0.2, 0) is 0 Å². The molecule has 1 aliphatic carbocycles. The van der Waals surface area contributed by atoms with Gasteiger partial charge in [0.05, 0.1) is 6.10 Å². The molecular formula is C6H11NO. The van der Waals surface area contributed by atoms with Crippen molar-refractivity contribution in [2.24, 2.45) is 5.92 Å². The van der Waals surface area contributed by atoms with Crippen molar-refractivity contribution in [2.45, 2.75) is 25.0 Å². The molecule has 8 heavy (non-hydrogen) atoms. The number of hydrogen-bond donors (Lipinski definition) is 2. The molecular weight excluding hydrogens is 102 g/mol. The maximum atomic E-state index is 9.18. The van der Waals surface area contributed by atoms with Crippen LogP contribution in [0.5, 0.6) is 0 Å². The van der Waals surface area contributed by atoms with E-state index >= 15 is 0 Å². The minimum Gasteiger partial charge on any atom is -0.393 e. The Morgan fingerprint density at radius 2 is 2.25 bits per heavy atom. The van der Waals surface area contributed by atoms with Gasteiger partial charge in [-0.2, -0.15) is 0 Å². The molecule has 46 valence electrons. The molecule has 0 unspecified atom stereocenters. The molecule has 3 atom stereocenters. The van der Waals surface area contributed by atoms with Crippen molar-refractivity contribution in [3.05, 3.63) is 0 Å². The number of piperidine rings is 1. The molecule has 1 saturated heterocycles. The Balaban J connectivity index is 2.11. The van der Waals surface area contributed by atoms with Crippen molar-refractivity contribution in [1.29, 1.82) is 0 Å². The molecule has 2 heteroatoms. The molecule has 2 rings (SSSR count). The van der Waals surface area contributed by atoms with Gasteiger partial charge in [0.25, 0.3) is 0 Å². The van der Waals surface area contributed by atoms with Crippen LogP contribution in [0.3, 0.4) is 0 Å². The molecule has 1 heterocycles. The predicted octanol–water partition coefficient (Wildman–Crippen LogP) is -0.271. The molecule has 0 radical (unpaired) electrons. The van der Waals surface area contributed by atoms with Crippen molar-refractivity contribution >= 4 is 0 Å². The fraction of sp³-hybridized carbons (Fsp3) is 1.00. The van der Waals surface area contributed by atoms with Gasteiger partial charge in [-0.05, 0) is 18.8 Å². The van der Waals surface area contributed by atoms with Gasteiger partial charge in [0.15, 0.2) is 0 Å². The second kappa shape index (κ2) is 1.45. The molecule has 2 aliphatic rings. The van der Waals surface area contributed by atoms with E-state index in [1.54, 1.807) is 0 Å². The second-order valence-electron chi connectivity index (χ2n) is 2.90. The van der Waals surface area contributed by atoms with E-state index in [4.69, 9.17) is 0 Å². The highest BCUT2D eigenvalue weighted by Gasteiger charge is 2.37. The largest absolute Gasteiger partial charge is 0.393 e. The summed E-state index contributed by atoms with van der Waals surface area (Å²) < 4.78 is 0. The molecule has 1 aliphatic heterocycles. The van der Waals surface area contributed by atoms with Crippen molar-refractivity contribution in [3.8, 4) is 0 Å². The lowest BCUT2D eigenvalue weighted by Gasteiger charge is -2.15. The Morgan fingerprint density at radius 3 is 2.50 bits per heavy atom. The van der Waals surface area contributed by atoms with Crippen molar-refractivity contribution in [1.82, 2.24) is 5.32 Å². The van der Waals surface area contributed by atoms with E-state index in [0.29, 0.717) is 12.0 Å². The van der Waals surface area contributed by atoms with Gasteiger partial charge >= 0.3 is 0 Å². The molecule has 0 amide bonds. The van der Waals surface area contributed by atoms with Crippen LogP contribution >= 0.6 is 0 Å². The highest BCUT2D eigenvalue weighted by atomic mass is 16.3. The van der Waals surface area contributed by atoms with Crippen LogP contribution < -0.4 is 5.32 Å². The van der Waals surface area contributed by atoms with E-state index in [-0.39, 0.29) is 6.10 Å². The normalized spacial score (nSPS) is 52.9. The molecule has 0 aromatic rings.